The number of amides is 1. The van der Waals surface area contributed by atoms with E-state index in [0.717, 1.165) is 16.9 Å². The lowest BCUT2D eigenvalue weighted by Gasteiger charge is -2.05. The van der Waals surface area contributed by atoms with Crippen molar-refractivity contribution in [2.45, 2.75) is 6.42 Å². The van der Waals surface area contributed by atoms with E-state index in [2.05, 4.69) is 20.3 Å². The van der Waals surface area contributed by atoms with Crippen LogP contribution in [-0.2, 0) is 11.2 Å². The molecule has 6 nitrogen and oxygen atoms in total. The second kappa shape index (κ2) is 5.76. The van der Waals surface area contributed by atoms with Crippen LogP contribution in [0.15, 0.2) is 42.2 Å². The minimum atomic E-state index is -0.116. The van der Waals surface area contributed by atoms with Gasteiger partial charge in [-0.05, 0) is 17.7 Å². The van der Waals surface area contributed by atoms with Crippen LogP contribution in [-0.4, -0.2) is 20.9 Å². The lowest BCUT2D eigenvalue weighted by atomic mass is 10.1. The van der Waals surface area contributed by atoms with Crippen LogP contribution in [0.3, 0.4) is 0 Å². The van der Waals surface area contributed by atoms with Crippen LogP contribution in [0.25, 0.3) is 11.3 Å². The molecule has 2 heterocycles. The van der Waals surface area contributed by atoms with Crippen molar-refractivity contribution >= 4 is 28.1 Å². The SMILES string of the molecule is Nc1nc(CC(=O)Nc2ccc(-c3cnc[nH]3)cc2)cs1. The summed E-state index contributed by atoms with van der Waals surface area (Å²) in [7, 11) is 0. The Morgan fingerprint density at radius 1 is 1.33 bits per heavy atom. The zero-order valence-corrected chi connectivity index (χ0v) is 11.9. The molecule has 106 valence electrons. The molecular formula is C14H13N5OS. The van der Waals surface area contributed by atoms with Crippen LogP contribution < -0.4 is 11.1 Å². The van der Waals surface area contributed by atoms with Gasteiger partial charge in [-0.25, -0.2) is 9.97 Å². The summed E-state index contributed by atoms with van der Waals surface area (Å²) in [5, 5.41) is 5.09. The molecule has 21 heavy (non-hydrogen) atoms. The minimum absolute atomic E-state index is 0.116. The van der Waals surface area contributed by atoms with Crippen molar-refractivity contribution in [2.24, 2.45) is 0 Å². The molecule has 0 bridgehead atoms. The number of carbonyl (C=O) groups excluding carboxylic acids is 1. The summed E-state index contributed by atoms with van der Waals surface area (Å²) < 4.78 is 0. The van der Waals surface area contributed by atoms with Gasteiger partial charge in [-0.2, -0.15) is 0 Å². The van der Waals surface area contributed by atoms with Gasteiger partial charge in [0.15, 0.2) is 5.13 Å². The molecule has 3 rings (SSSR count). The van der Waals surface area contributed by atoms with Crippen molar-refractivity contribution in [2.75, 3.05) is 11.1 Å². The number of nitrogens with two attached hydrogens (primary N) is 1. The van der Waals surface area contributed by atoms with E-state index in [1.54, 1.807) is 17.9 Å². The quantitative estimate of drug-likeness (QED) is 0.688. The first-order chi connectivity index (χ1) is 10.2. The van der Waals surface area contributed by atoms with Gasteiger partial charge in [0, 0.05) is 11.1 Å². The fourth-order valence-electron chi connectivity index (χ4n) is 1.92. The summed E-state index contributed by atoms with van der Waals surface area (Å²) in [5.41, 5.74) is 8.91. The van der Waals surface area contributed by atoms with Crippen molar-refractivity contribution in [3.05, 3.63) is 47.9 Å². The molecular weight excluding hydrogens is 286 g/mol. The number of carbonyl (C=O) groups is 1. The highest BCUT2D eigenvalue weighted by atomic mass is 32.1. The topological polar surface area (TPSA) is 96.7 Å². The molecule has 0 saturated carbocycles. The maximum absolute atomic E-state index is 11.9. The number of anilines is 2. The van der Waals surface area contributed by atoms with E-state index < -0.39 is 0 Å². The summed E-state index contributed by atoms with van der Waals surface area (Å²) in [6.07, 6.45) is 3.60. The largest absolute Gasteiger partial charge is 0.375 e. The fraction of sp³-hybridized carbons (Fsp3) is 0.0714. The molecule has 0 spiro atoms. The monoisotopic (exact) mass is 299 g/mol. The van der Waals surface area contributed by atoms with Crippen LogP contribution in [0.1, 0.15) is 5.69 Å². The molecule has 3 aromatic rings. The highest BCUT2D eigenvalue weighted by Crippen LogP contribution is 2.19. The third kappa shape index (κ3) is 3.26. The summed E-state index contributed by atoms with van der Waals surface area (Å²) in [4.78, 5) is 23.0. The zero-order chi connectivity index (χ0) is 14.7. The van der Waals surface area contributed by atoms with E-state index in [0.29, 0.717) is 10.8 Å². The number of aromatic nitrogens is 3. The van der Waals surface area contributed by atoms with E-state index in [1.165, 1.54) is 11.3 Å². The molecule has 4 N–H and O–H groups in total. The van der Waals surface area contributed by atoms with Gasteiger partial charge in [0.05, 0.1) is 30.3 Å². The number of H-pyrrole nitrogens is 1. The fourth-order valence-corrected chi connectivity index (χ4v) is 2.48. The summed E-state index contributed by atoms with van der Waals surface area (Å²) >= 11 is 1.33. The number of imidazole rings is 1. The van der Waals surface area contributed by atoms with Crippen molar-refractivity contribution in [3.63, 3.8) is 0 Å². The van der Waals surface area contributed by atoms with Gasteiger partial charge in [0.25, 0.3) is 0 Å². The molecule has 7 heteroatoms. The van der Waals surface area contributed by atoms with Crippen LogP contribution in [0.2, 0.25) is 0 Å². The molecule has 0 aliphatic rings. The lowest BCUT2D eigenvalue weighted by molar-refractivity contribution is -0.115. The van der Waals surface area contributed by atoms with Gasteiger partial charge in [-0.1, -0.05) is 12.1 Å². The Hall–Kier alpha value is -2.67. The smallest absolute Gasteiger partial charge is 0.230 e. The first kappa shape index (κ1) is 13.3. The van der Waals surface area contributed by atoms with Crippen molar-refractivity contribution in [1.82, 2.24) is 15.0 Å². The van der Waals surface area contributed by atoms with Gasteiger partial charge in [-0.3, -0.25) is 4.79 Å². The molecule has 0 unspecified atom stereocenters. The second-order valence-electron chi connectivity index (χ2n) is 4.44. The van der Waals surface area contributed by atoms with Crippen LogP contribution in [0.4, 0.5) is 10.8 Å². The Morgan fingerprint density at radius 3 is 2.76 bits per heavy atom. The first-order valence-corrected chi connectivity index (χ1v) is 7.17. The molecule has 1 amide bonds. The number of aromatic amines is 1. The molecule has 0 aliphatic heterocycles. The van der Waals surface area contributed by atoms with E-state index in [9.17, 15) is 4.79 Å². The maximum atomic E-state index is 11.9. The van der Waals surface area contributed by atoms with Gasteiger partial charge < -0.3 is 16.0 Å². The van der Waals surface area contributed by atoms with Gasteiger partial charge in [0.1, 0.15) is 0 Å². The predicted molar refractivity (Wildman–Crippen MR) is 82.9 cm³/mol. The molecule has 1 aromatic carbocycles. The first-order valence-electron chi connectivity index (χ1n) is 6.29. The molecule has 0 saturated heterocycles. The normalized spacial score (nSPS) is 10.5. The van der Waals surface area contributed by atoms with E-state index in [4.69, 9.17) is 5.73 Å². The summed E-state index contributed by atoms with van der Waals surface area (Å²) in [5.74, 6) is -0.116. The summed E-state index contributed by atoms with van der Waals surface area (Å²) in [6.45, 7) is 0. The number of nitrogen functional groups attached to an aromatic ring is 1. The van der Waals surface area contributed by atoms with E-state index in [-0.39, 0.29) is 12.3 Å². The molecule has 0 fully saturated rings. The number of nitrogens with one attached hydrogen (secondary N) is 2. The average molecular weight is 299 g/mol. The third-order valence-corrected chi connectivity index (χ3v) is 3.61. The number of hydrogen-bond donors (Lipinski definition) is 3. The van der Waals surface area contributed by atoms with Crippen LogP contribution in [0, 0.1) is 0 Å². The number of hydrogen-bond acceptors (Lipinski definition) is 5. The van der Waals surface area contributed by atoms with Crippen molar-refractivity contribution < 1.29 is 4.79 Å². The Kier molecular flexibility index (Phi) is 3.65. The number of thiazole rings is 1. The minimum Gasteiger partial charge on any atom is -0.375 e. The van der Waals surface area contributed by atoms with Gasteiger partial charge >= 0.3 is 0 Å². The van der Waals surface area contributed by atoms with Crippen LogP contribution >= 0.6 is 11.3 Å². The standard InChI is InChI=1S/C14H13N5OS/c15-14-19-11(7-21-14)5-13(20)18-10-3-1-9(2-4-10)12-6-16-8-17-12/h1-4,6-8H,5H2,(H2,15,19)(H,16,17)(H,18,20). The Labute approximate surface area is 125 Å². The second-order valence-corrected chi connectivity index (χ2v) is 5.33. The lowest BCUT2D eigenvalue weighted by Crippen LogP contribution is -2.14. The number of nitrogens with zero attached hydrogens (tertiary/aromatic N) is 2. The van der Waals surface area contributed by atoms with Crippen molar-refractivity contribution in [1.29, 1.82) is 0 Å². The average Bonchev–Trinajstić information content (AvgIpc) is 3.11. The van der Waals surface area contributed by atoms with Crippen LogP contribution in [0.5, 0.6) is 0 Å². The number of benzene rings is 1. The summed E-state index contributed by atoms with van der Waals surface area (Å²) in [6, 6.07) is 7.54. The van der Waals surface area contributed by atoms with E-state index in [1.807, 2.05) is 24.3 Å². The molecule has 0 aliphatic carbocycles. The highest BCUT2D eigenvalue weighted by Gasteiger charge is 2.07. The van der Waals surface area contributed by atoms with Crippen molar-refractivity contribution in [3.8, 4) is 11.3 Å². The van der Waals surface area contributed by atoms with Gasteiger partial charge in [0.2, 0.25) is 5.91 Å². The third-order valence-electron chi connectivity index (χ3n) is 2.89. The predicted octanol–water partition coefficient (Wildman–Crippen LogP) is 2.30. The Morgan fingerprint density at radius 2 is 2.14 bits per heavy atom. The molecule has 2 aromatic heterocycles. The highest BCUT2D eigenvalue weighted by molar-refractivity contribution is 7.13. The van der Waals surface area contributed by atoms with E-state index >= 15 is 0 Å². The number of rotatable bonds is 4. The Balaban J connectivity index is 1.63. The maximum Gasteiger partial charge on any atom is 0.230 e. The zero-order valence-electron chi connectivity index (χ0n) is 11.0. The molecule has 0 radical (unpaired) electrons. The molecule has 0 atom stereocenters. The van der Waals surface area contributed by atoms with Gasteiger partial charge in [-0.15, -0.1) is 11.3 Å². The Bertz CT molecular complexity index is 733.